The Kier molecular flexibility index (Phi) is 3.00. The van der Waals surface area contributed by atoms with Crippen LogP contribution in [0.1, 0.15) is 22.6 Å². The van der Waals surface area contributed by atoms with Gasteiger partial charge in [-0.2, -0.15) is 0 Å². The van der Waals surface area contributed by atoms with Gasteiger partial charge in [-0.1, -0.05) is 22.0 Å². The molecule has 16 heavy (non-hydrogen) atoms. The number of carbonyl (C=O) groups excluding carboxylic acids is 1. The molecule has 1 N–H and O–H groups in total. The molecule has 2 unspecified atom stereocenters. The van der Waals surface area contributed by atoms with Crippen molar-refractivity contribution in [2.75, 3.05) is 0 Å². The molecule has 0 amide bonds. The van der Waals surface area contributed by atoms with E-state index >= 15 is 0 Å². The molecule has 0 bridgehead atoms. The Labute approximate surface area is 103 Å². The van der Waals surface area contributed by atoms with Crippen molar-refractivity contribution in [2.45, 2.75) is 25.9 Å². The van der Waals surface area contributed by atoms with E-state index in [1.807, 2.05) is 26.0 Å². The highest BCUT2D eigenvalue weighted by atomic mass is 79.9. The van der Waals surface area contributed by atoms with Crippen molar-refractivity contribution in [1.82, 2.24) is 0 Å². The molecule has 1 aromatic carbocycles. The van der Waals surface area contributed by atoms with E-state index < -0.39 is 12.0 Å². The molecule has 1 aromatic rings. The van der Waals surface area contributed by atoms with Crippen LogP contribution in [0.25, 0.3) is 0 Å². The van der Waals surface area contributed by atoms with E-state index in [0.717, 1.165) is 21.2 Å². The zero-order valence-electron chi connectivity index (χ0n) is 9.20. The maximum atomic E-state index is 11.7. The SMILES string of the molecule is Cc1cc(Br)cc(C)c1C1C(=O)C=CC1O. The van der Waals surface area contributed by atoms with E-state index in [1.54, 1.807) is 6.08 Å². The van der Waals surface area contributed by atoms with E-state index in [-0.39, 0.29) is 5.78 Å². The molecule has 84 valence electrons. The molecule has 3 heteroatoms. The maximum absolute atomic E-state index is 11.7. The predicted octanol–water partition coefficient (Wildman–Crippen LogP) is 2.65. The summed E-state index contributed by atoms with van der Waals surface area (Å²) in [5, 5.41) is 9.81. The number of benzene rings is 1. The third-order valence-corrected chi connectivity index (χ3v) is 3.43. The largest absolute Gasteiger partial charge is 0.388 e. The summed E-state index contributed by atoms with van der Waals surface area (Å²) in [6, 6.07) is 3.95. The minimum atomic E-state index is -0.689. The normalized spacial score (nSPS) is 24.1. The molecule has 0 aliphatic heterocycles. The first-order chi connectivity index (χ1) is 7.50. The third-order valence-electron chi connectivity index (χ3n) is 2.98. The Morgan fingerprint density at radius 2 is 1.81 bits per heavy atom. The van der Waals surface area contributed by atoms with Crippen LogP contribution in [-0.4, -0.2) is 17.0 Å². The first-order valence-electron chi connectivity index (χ1n) is 5.17. The summed E-state index contributed by atoms with van der Waals surface area (Å²) >= 11 is 3.42. The standard InChI is InChI=1S/C13H13BrO2/c1-7-5-9(14)6-8(2)12(7)13-10(15)3-4-11(13)16/h3-6,10,13,15H,1-2H3. The summed E-state index contributed by atoms with van der Waals surface area (Å²) in [4.78, 5) is 11.7. The summed E-state index contributed by atoms with van der Waals surface area (Å²) in [6.07, 6.45) is 2.34. The summed E-state index contributed by atoms with van der Waals surface area (Å²) < 4.78 is 0.999. The number of carbonyl (C=O) groups is 1. The van der Waals surface area contributed by atoms with Gasteiger partial charge < -0.3 is 5.11 Å². The Bertz CT molecular complexity index is 454. The van der Waals surface area contributed by atoms with Crippen LogP contribution in [0.5, 0.6) is 0 Å². The number of hydrogen-bond donors (Lipinski definition) is 1. The van der Waals surface area contributed by atoms with Gasteiger partial charge in [0.2, 0.25) is 0 Å². The Morgan fingerprint density at radius 3 is 2.25 bits per heavy atom. The lowest BCUT2D eigenvalue weighted by Gasteiger charge is -2.19. The maximum Gasteiger partial charge on any atom is 0.165 e. The van der Waals surface area contributed by atoms with Crippen molar-refractivity contribution >= 4 is 21.7 Å². The first kappa shape index (κ1) is 11.6. The summed E-state index contributed by atoms with van der Waals surface area (Å²) in [6.45, 7) is 3.93. The molecule has 0 saturated heterocycles. The van der Waals surface area contributed by atoms with E-state index in [2.05, 4.69) is 15.9 Å². The Balaban J connectivity index is 2.53. The van der Waals surface area contributed by atoms with Crippen LogP contribution in [0.15, 0.2) is 28.8 Å². The van der Waals surface area contributed by atoms with Gasteiger partial charge in [0.05, 0.1) is 12.0 Å². The second kappa shape index (κ2) is 4.15. The smallest absolute Gasteiger partial charge is 0.165 e. The van der Waals surface area contributed by atoms with Gasteiger partial charge in [-0.05, 0) is 48.7 Å². The van der Waals surface area contributed by atoms with E-state index in [0.29, 0.717) is 0 Å². The fourth-order valence-electron chi connectivity index (χ4n) is 2.30. The highest BCUT2D eigenvalue weighted by Gasteiger charge is 2.32. The molecule has 0 radical (unpaired) electrons. The topological polar surface area (TPSA) is 37.3 Å². The number of aryl methyl sites for hydroxylation is 2. The van der Waals surface area contributed by atoms with Crippen LogP contribution in [0.2, 0.25) is 0 Å². The minimum Gasteiger partial charge on any atom is -0.388 e. The molecule has 1 aliphatic rings. The summed E-state index contributed by atoms with van der Waals surface area (Å²) in [5.74, 6) is -0.436. The molecule has 2 rings (SSSR count). The molecule has 2 atom stereocenters. The molecule has 2 nitrogen and oxygen atoms in total. The van der Waals surface area contributed by atoms with Gasteiger partial charge in [-0.15, -0.1) is 0 Å². The van der Waals surface area contributed by atoms with Crippen LogP contribution in [0, 0.1) is 13.8 Å². The van der Waals surface area contributed by atoms with Crippen molar-refractivity contribution in [3.05, 3.63) is 45.4 Å². The van der Waals surface area contributed by atoms with E-state index in [1.165, 1.54) is 6.08 Å². The van der Waals surface area contributed by atoms with Crippen molar-refractivity contribution in [3.63, 3.8) is 0 Å². The van der Waals surface area contributed by atoms with Gasteiger partial charge >= 0.3 is 0 Å². The zero-order valence-corrected chi connectivity index (χ0v) is 10.8. The van der Waals surface area contributed by atoms with Gasteiger partial charge in [-0.3, -0.25) is 4.79 Å². The van der Waals surface area contributed by atoms with Crippen LogP contribution in [-0.2, 0) is 4.79 Å². The quantitative estimate of drug-likeness (QED) is 0.859. The molecule has 0 saturated carbocycles. The average molecular weight is 281 g/mol. The number of rotatable bonds is 1. The van der Waals surface area contributed by atoms with Gasteiger partial charge in [-0.25, -0.2) is 0 Å². The fourth-order valence-corrected chi connectivity index (χ4v) is 2.99. The second-order valence-corrected chi connectivity index (χ2v) is 5.10. The number of aliphatic hydroxyl groups excluding tert-OH is 1. The first-order valence-corrected chi connectivity index (χ1v) is 5.97. The molecule has 0 spiro atoms. The number of hydrogen-bond acceptors (Lipinski definition) is 2. The number of allylic oxidation sites excluding steroid dienone is 1. The van der Waals surface area contributed by atoms with Crippen molar-refractivity contribution in [2.24, 2.45) is 0 Å². The molecule has 0 fully saturated rings. The van der Waals surface area contributed by atoms with E-state index in [9.17, 15) is 9.90 Å². The van der Waals surface area contributed by atoms with E-state index in [4.69, 9.17) is 0 Å². The highest BCUT2D eigenvalue weighted by Crippen LogP contribution is 2.33. The number of ketones is 1. The fraction of sp³-hybridized carbons (Fsp3) is 0.308. The lowest BCUT2D eigenvalue weighted by Crippen LogP contribution is -2.19. The predicted molar refractivity (Wildman–Crippen MR) is 66.5 cm³/mol. The Morgan fingerprint density at radius 1 is 1.25 bits per heavy atom. The molecule has 0 aromatic heterocycles. The Hall–Kier alpha value is -0.930. The van der Waals surface area contributed by atoms with Crippen LogP contribution in [0.4, 0.5) is 0 Å². The monoisotopic (exact) mass is 280 g/mol. The van der Waals surface area contributed by atoms with Crippen LogP contribution < -0.4 is 0 Å². The number of aliphatic hydroxyl groups is 1. The van der Waals surface area contributed by atoms with Gasteiger partial charge in [0.1, 0.15) is 0 Å². The third kappa shape index (κ3) is 1.85. The van der Waals surface area contributed by atoms with Gasteiger partial charge in [0.25, 0.3) is 0 Å². The van der Waals surface area contributed by atoms with Gasteiger partial charge in [0, 0.05) is 4.47 Å². The van der Waals surface area contributed by atoms with Crippen LogP contribution >= 0.6 is 15.9 Å². The van der Waals surface area contributed by atoms with Gasteiger partial charge in [0.15, 0.2) is 5.78 Å². The lowest BCUT2D eigenvalue weighted by molar-refractivity contribution is -0.116. The molecular weight excluding hydrogens is 268 g/mol. The van der Waals surface area contributed by atoms with Crippen molar-refractivity contribution < 1.29 is 9.90 Å². The molecule has 1 aliphatic carbocycles. The van der Waals surface area contributed by atoms with Crippen LogP contribution in [0.3, 0.4) is 0 Å². The number of halogens is 1. The molecular formula is C13H13BrO2. The average Bonchev–Trinajstić information content (AvgIpc) is 2.47. The zero-order chi connectivity index (χ0) is 11.9. The second-order valence-electron chi connectivity index (χ2n) is 4.18. The highest BCUT2D eigenvalue weighted by molar-refractivity contribution is 9.10. The lowest BCUT2D eigenvalue weighted by atomic mass is 9.87. The summed E-state index contributed by atoms with van der Waals surface area (Å²) in [7, 11) is 0. The van der Waals surface area contributed by atoms with Crippen molar-refractivity contribution in [3.8, 4) is 0 Å². The van der Waals surface area contributed by atoms with Crippen molar-refractivity contribution in [1.29, 1.82) is 0 Å². The summed E-state index contributed by atoms with van der Waals surface area (Å²) in [5.41, 5.74) is 3.02. The minimum absolute atomic E-state index is 0.0129. The molecule has 0 heterocycles.